The van der Waals surface area contributed by atoms with E-state index in [2.05, 4.69) is 17.1 Å². The highest BCUT2D eigenvalue weighted by Crippen LogP contribution is 2.47. The van der Waals surface area contributed by atoms with Gasteiger partial charge in [-0.15, -0.1) is 0 Å². The Labute approximate surface area is 138 Å². The van der Waals surface area contributed by atoms with Gasteiger partial charge in [-0.25, -0.2) is 9.78 Å². The fourth-order valence-electron chi connectivity index (χ4n) is 3.83. The number of amides is 1. The van der Waals surface area contributed by atoms with Gasteiger partial charge in [0.25, 0.3) is 0 Å². The molecule has 1 aromatic rings. The Kier molecular flexibility index (Phi) is 3.98. The molecule has 0 saturated carbocycles. The Morgan fingerprint density at radius 2 is 2.04 bits per heavy atom. The fourth-order valence-corrected chi connectivity index (χ4v) is 3.83. The molecular weight excluding hydrogens is 290 g/mol. The highest BCUT2D eigenvalue weighted by molar-refractivity contribution is 5.70. The number of ether oxygens (including phenoxy) is 1. The number of carbonyl (C=O) groups is 1. The van der Waals surface area contributed by atoms with Crippen molar-refractivity contribution in [2.75, 3.05) is 19.0 Å². The van der Waals surface area contributed by atoms with Crippen LogP contribution in [0.25, 0.3) is 0 Å². The zero-order valence-corrected chi connectivity index (χ0v) is 14.7. The summed E-state index contributed by atoms with van der Waals surface area (Å²) in [5, 5.41) is 0. The number of fused-ring (bicyclic) bond motifs is 2. The summed E-state index contributed by atoms with van der Waals surface area (Å²) in [7, 11) is 3.98. The third-order valence-electron chi connectivity index (χ3n) is 4.80. The van der Waals surface area contributed by atoms with Crippen molar-refractivity contribution in [3.8, 4) is 0 Å². The summed E-state index contributed by atoms with van der Waals surface area (Å²) in [4.78, 5) is 21.0. The van der Waals surface area contributed by atoms with Crippen LogP contribution in [0.15, 0.2) is 18.3 Å². The van der Waals surface area contributed by atoms with Gasteiger partial charge in [-0.2, -0.15) is 0 Å². The smallest absolute Gasteiger partial charge is 0.410 e. The van der Waals surface area contributed by atoms with E-state index in [1.807, 2.05) is 50.9 Å². The normalized spacial score (nSPS) is 26.5. The number of aromatic nitrogens is 1. The lowest BCUT2D eigenvalue weighted by Crippen LogP contribution is -2.40. The highest BCUT2D eigenvalue weighted by Gasteiger charge is 2.50. The lowest BCUT2D eigenvalue weighted by Gasteiger charge is -2.28. The highest BCUT2D eigenvalue weighted by atomic mass is 16.6. The van der Waals surface area contributed by atoms with Crippen molar-refractivity contribution in [1.29, 1.82) is 0 Å². The maximum atomic E-state index is 12.5. The molecule has 3 heterocycles. The number of nitrogens with zero attached hydrogens (tertiary/aromatic N) is 3. The molecule has 23 heavy (non-hydrogen) atoms. The molecule has 2 bridgehead atoms. The summed E-state index contributed by atoms with van der Waals surface area (Å²) in [5.41, 5.74) is 0.792. The molecule has 0 radical (unpaired) electrons. The molecule has 0 aliphatic carbocycles. The van der Waals surface area contributed by atoms with Gasteiger partial charge in [-0.3, -0.25) is 0 Å². The number of anilines is 1. The summed E-state index contributed by atoms with van der Waals surface area (Å²) in [6.45, 7) is 5.76. The van der Waals surface area contributed by atoms with Gasteiger partial charge in [0.2, 0.25) is 0 Å². The first kappa shape index (κ1) is 16.1. The minimum absolute atomic E-state index is 0.162. The lowest BCUT2D eigenvalue weighted by molar-refractivity contribution is 0.0213. The van der Waals surface area contributed by atoms with Crippen LogP contribution in [0.2, 0.25) is 0 Å². The van der Waals surface area contributed by atoms with Crippen molar-refractivity contribution >= 4 is 11.9 Å². The third kappa shape index (κ3) is 3.14. The summed E-state index contributed by atoms with van der Waals surface area (Å²) in [6, 6.07) is 4.77. The molecule has 2 aliphatic rings. The minimum atomic E-state index is -0.441. The van der Waals surface area contributed by atoms with Crippen LogP contribution in [0.5, 0.6) is 0 Å². The molecule has 126 valence electrons. The Hall–Kier alpha value is -1.78. The van der Waals surface area contributed by atoms with Crippen LogP contribution >= 0.6 is 0 Å². The average Bonchev–Trinajstić information content (AvgIpc) is 3.03. The van der Waals surface area contributed by atoms with Crippen molar-refractivity contribution < 1.29 is 9.53 Å². The molecule has 0 spiro atoms. The van der Waals surface area contributed by atoms with Crippen LogP contribution in [0.4, 0.5) is 10.6 Å². The molecule has 1 amide bonds. The monoisotopic (exact) mass is 317 g/mol. The van der Waals surface area contributed by atoms with Gasteiger partial charge in [0.15, 0.2) is 0 Å². The molecule has 0 unspecified atom stereocenters. The zero-order valence-electron chi connectivity index (χ0n) is 14.7. The van der Waals surface area contributed by atoms with Crippen LogP contribution in [0.3, 0.4) is 0 Å². The first-order valence-electron chi connectivity index (χ1n) is 8.41. The van der Waals surface area contributed by atoms with Crippen LogP contribution < -0.4 is 4.90 Å². The molecule has 5 nitrogen and oxygen atoms in total. The lowest BCUT2D eigenvalue weighted by atomic mass is 9.85. The SMILES string of the molecule is CN(C)c1ccc([C@H]2C[C@@H]3CC[C@H]2N3C(=O)OC(C)(C)C)cn1. The van der Waals surface area contributed by atoms with Gasteiger partial charge < -0.3 is 14.5 Å². The van der Waals surface area contributed by atoms with E-state index in [9.17, 15) is 4.79 Å². The summed E-state index contributed by atoms with van der Waals surface area (Å²) >= 11 is 0. The molecule has 5 heteroatoms. The van der Waals surface area contributed by atoms with Crippen molar-refractivity contribution in [3.63, 3.8) is 0 Å². The number of hydrogen-bond donors (Lipinski definition) is 0. The van der Waals surface area contributed by atoms with E-state index in [0.29, 0.717) is 12.0 Å². The predicted molar refractivity (Wildman–Crippen MR) is 90.8 cm³/mol. The molecule has 2 fully saturated rings. The minimum Gasteiger partial charge on any atom is -0.444 e. The Bertz CT molecular complexity index is 577. The zero-order chi connectivity index (χ0) is 16.8. The van der Waals surface area contributed by atoms with E-state index in [0.717, 1.165) is 25.1 Å². The van der Waals surface area contributed by atoms with Crippen molar-refractivity contribution in [1.82, 2.24) is 9.88 Å². The number of pyridine rings is 1. The van der Waals surface area contributed by atoms with Crippen LogP contribution in [-0.4, -0.2) is 47.8 Å². The quantitative estimate of drug-likeness (QED) is 0.838. The topological polar surface area (TPSA) is 45.7 Å². The maximum Gasteiger partial charge on any atom is 0.410 e. The van der Waals surface area contributed by atoms with Crippen LogP contribution in [0, 0.1) is 0 Å². The van der Waals surface area contributed by atoms with E-state index in [1.54, 1.807) is 0 Å². The number of rotatable bonds is 2. The van der Waals surface area contributed by atoms with Crippen LogP contribution in [0.1, 0.15) is 51.5 Å². The molecule has 1 aromatic heterocycles. The van der Waals surface area contributed by atoms with Gasteiger partial charge in [-0.05, 0) is 51.7 Å². The van der Waals surface area contributed by atoms with E-state index < -0.39 is 5.60 Å². The van der Waals surface area contributed by atoms with Gasteiger partial charge in [-0.1, -0.05) is 6.07 Å². The molecule has 2 aliphatic heterocycles. The number of carbonyl (C=O) groups excluding carboxylic acids is 1. The first-order chi connectivity index (χ1) is 10.8. The molecule has 0 aromatic carbocycles. The first-order valence-corrected chi connectivity index (χ1v) is 8.41. The van der Waals surface area contributed by atoms with E-state index in [4.69, 9.17) is 4.74 Å². The second kappa shape index (κ2) is 5.69. The largest absolute Gasteiger partial charge is 0.444 e. The predicted octanol–water partition coefficient (Wildman–Crippen LogP) is 3.40. The fraction of sp³-hybridized carbons (Fsp3) is 0.667. The molecule has 3 rings (SSSR count). The maximum absolute atomic E-state index is 12.5. The van der Waals surface area contributed by atoms with E-state index in [-0.39, 0.29) is 12.1 Å². The summed E-state index contributed by atoms with van der Waals surface area (Å²) < 4.78 is 5.60. The van der Waals surface area contributed by atoms with Gasteiger partial charge >= 0.3 is 6.09 Å². The second-order valence-corrected chi connectivity index (χ2v) is 7.87. The molecule has 0 N–H and O–H groups in total. The third-order valence-corrected chi connectivity index (χ3v) is 4.80. The Morgan fingerprint density at radius 1 is 1.30 bits per heavy atom. The molecule has 3 atom stereocenters. The van der Waals surface area contributed by atoms with Gasteiger partial charge in [0.1, 0.15) is 11.4 Å². The Morgan fingerprint density at radius 3 is 2.61 bits per heavy atom. The van der Waals surface area contributed by atoms with Crippen molar-refractivity contribution in [2.24, 2.45) is 0 Å². The van der Waals surface area contributed by atoms with Crippen LogP contribution in [-0.2, 0) is 4.74 Å². The van der Waals surface area contributed by atoms with E-state index >= 15 is 0 Å². The Balaban J connectivity index is 1.76. The van der Waals surface area contributed by atoms with E-state index in [1.165, 1.54) is 5.56 Å². The number of hydrogen-bond acceptors (Lipinski definition) is 4. The summed E-state index contributed by atoms with van der Waals surface area (Å²) in [6.07, 6.45) is 4.97. The van der Waals surface area contributed by atoms with Gasteiger partial charge in [0.05, 0.1) is 0 Å². The molecular formula is C18H27N3O2. The average molecular weight is 317 g/mol. The summed E-state index contributed by atoms with van der Waals surface area (Å²) in [5.74, 6) is 1.34. The second-order valence-electron chi connectivity index (χ2n) is 7.87. The van der Waals surface area contributed by atoms with Crippen molar-refractivity contribution in [2.45, 2.75) is 63.6 Å². The standard InChI is InChI=1S/C18H27N3O2/c1-18(2,3)23-17(22)21-13-7-8-15(21)14(10-13)12-6-9-16(19-11-12)20(4)5/h6,9,11,13-15H,7-8,10H2,1-5H3/t13-,14+,15+/m0/s1. The van der Waals surface area contributed by atoms with Gasteiger partial charge in [0, 0.05) is 38.3 Å². The molecule has 2 saturated heterocycles. The van der Waals surface area contributed by atoms with Crippen molar-refractivity contribution in [3.05, 3.63) is 23.9 Å².